The van der Waals surface area contributed by atoms with Crippen molar-refractivity contribution >= 4 is 0 Å². The Morgan fingerprint density at radius 1 is 0.206 bits per heavy atom. The standard InChI is InChI=1S/6C16H20N/c2*1-11-6-7-12(2)15(10-11)16-13(3)8-9-14(4)17(16)5;2*1-11-9-13(3)17(5)16(10-11)15-8-6-7-12(2)14(15)4;2*1-11-7-6-8-12(2)15(11)16-13(3)9-10-14(4)17(16)5/h6*6-10H,1-5H3/q6*+1/i;;2D3;;;. The monoisotopic (exact) mass is 1360 g/mol. The molecule has 0 aliphatic heterocycles. The number of hydrogen-bond acceptors (Lipinski definition) is 0. The van der Waals surface area contributed by atoms with E-state index in [1.54, 1.807) is 6.07 Å². The SMILES string of the molecule is Cc1cc(C)[n+](C)c(-c2cccc(C)c2C)c1.Cc1ccc(C)c(-c2c(C)ccc(C)[n+]2C)c1.Cc1ccc(C)c(-c2c(C)ccc(C)[n+]2C)c1.Cc1cccc(C)c1-c1c(C)ccc(C)[n+]1C.Cc1cccc(C)c1-c1c(C)ccc(C)[n+]1C.[2H]C([2H])([2H])c1cccc(-c2cc(C)cc(C)[n+]2C)c1C. The summed E-state index contributed by atoms with van der Waals surface area (Å²) in [6.45, 7) is 47.3. The maximum Gasteiger partial charge on any atom is 0.215 e. The van der Waals surface area contributed by atoms with Crippen LogP contribution in [0.1, 0.15) is 138 Å². The van der Waals surface area contributed by atoms with E-state index < -0.39 is 6.85 Å². The second-order valence-corrected chi connectivity index (χ2v) is 28.9. The molecule has 6 aromatic carbocycles. The highest BCUT2D eigenvalue weighted by Gasteiger charge is 2.24. The van der Waals surface area contributed by atoms with Crippen molar-refractivity contribution in [2.45, 2.75) is 166 Å². The number of benzene rings is 6. The first kappa shape index (κ1) is 74.9. The lowest BCUT2D eigenvalue weighted by Crippen LogP contribution is -2.35. The van der Waals surface area contributed by atoms with Crippen LogP contribution in [0, 0.1) is 166 Å². The normalized spacial score (nSPS) is 11.2. The molecule has 12 rings (SSSR count). The van der Waals surface area contributed by atoms with Gasteiger partial charge in [-0.25, -0.2) is 0 Å². The first-order chi connectivity index (χ1) is 49.3. The van der Waals surface area contributed by atoms with Gasteiger partial charge >= 0.3 is 0 Å². The first-order valence-corrected chi connectivity index (χ1v) is 36.0. The summed E-state index contributed by atoms with van der Waals surface area (Å²) in [7, 11) is 12.7. The zero-order valence-corrected chi connectivity index (χ0v) is 67.5. The van der Waals surface area contributed by atoms with Gasteiger partial charge in [-0.05, 0) is 240 Å². The zero-order chi connectivity index (χ0) is 78.0. The van der Waals surface area contributed by atoms with E-state index >= 15 is 0 Å². The van der Waals surface area contributed by atoms with Crippen LogP contribution in [0.3, 0.4) is 0 Å². The minimum Gasteiger partial charge on any atom is -0.199 e. The predicted molar refractivity (Wildman–Crippen MR) is 432 cm³/mol. The van der Waals surface area contributed by atoms with Crippen LogP contribution in [0.15, 0.2) is 182 Å². The molecule has 12 aromatic rings. The lowest BCUT2D eigenvalue weighted by molar-refractivity contribution is -0.667. The van der Waals surface area contributed by atoms with E-state index in [-0.39, 0.29) is 0 Å². The molecule has 0 saturated heterocycles. The Labute approximate surface area is 620 Å². The van der Waals surface area contributed by atoms with Gasteiger partial charge in [-0.15, -0.1) is 0 Å². The second kappa shape index (κ2) is 34.7. The largest absolute Gasteiger partial charge is 0.215 e. The fourth-order valence-electron chi connectivity index (χ4n) is 13.8. The summed E-state index contributed by atoms with van der Waals surface area (Å²) < 4.78 is 36.4. The molecule has 0 amide bonds. The molecule has 0 fully saturated rings. The van der Waals surface area contributed by atoms with Crippen LogP contribution in [0.5, 0.6) is 0 Å². The van der Waals surface area contributed by atoms with Crippen LogP contribution in [0.25, 0.3) is 67.5 Å². The number of pyridine rings is 6. The predicted octanol–water partition coefficient (Wildman–Crippen LogP) is 20.5. The molecule has 0 aliphatic rings. The van der Waals surface area contributed by atoms with E-state index in [4.69, 9.17) is 4.11 Å². The summed E-state index contributed by atoms with van der Waals surface area (Å²) in [6, 6.07) is 64.5. The second-order valence-electron chi connectivity index (χ2n) is 28.9. The number of aromatic nitrogens is 6. The van der Waals surface area contributed by atoms with Crippen molar-refractivity contribution in [3.63, 3.8) is 0 Å². The molecule has 0 saturated carbocycles. The van der Waals surface area contributed by atoms with E-state index in [2.05, 4.69) is 379 Å². The van der Waals surface area contributed by atoms with Crippen LogP contribution >= 0.6 is 0 Å². The van der Waals surface area contributed by atoms with Gasteiger partial charge in [0.2, 0.25) is 34.2 Å². The van der Waals surface area contributed by atoms with Gasteiger partial charge in [0.15, 0.2) is 34.2 Å². The number of rotatable bonds is 6. The van der Waals surface area contributed by atoms with Crippen molar-refractivity contribution in [2.24, 2.45) is 42.3 Å². The highest BCUT2D eigenvalue weighted by atomic mass is 15.0. The number of hydrogen-bond donors (Lipinski definition) is 0. The van der Waals surface area contributed by atoms with Gasteiger partial charge in [-0.2, -0.15) is 27.4 Å². The lowest BCUT2D eigenvalue weighted by atomic mass is 9.96. The van der Waals surface area contributed by atoms with E-state index in [0.29, 0.717) is 5.56 Å². The molecule has 0 radical (unpaired) electrons. The summed E-state index contributed by atoms with van der Waals surface area (Å²) in [5.41, 5.74) is 45.4. The quantitative estimate of drug-likeness (QED) is 0.148. The Bertz CT molecular complexity index is 4910. The third-order valence-electron chi connectivity index (χ3n) is 20.9. The Morgan fingerprint density at radius 3 is 0.814 bits per heavy atom. The van der Waals surface area contributed by atoms with Gasteiger partial charge in [-0.3, -0.25) is 0 Å². The Balaban J connectivity index is 0.000000176. The lowest BCUT2D eigenvalue weighted by Gasteiger charge is -2.11. The Kier molecular flexibility index (Phi) is 25.5. The van der Waals surface area contributed by atoms with E-state index in [1.807, 2.05) is 26.1 Å². The molecule has 528 valence electrons. The van der Waals surface area contributed by atoms with Crippen molar-refractivity contribution in [1.82, 2.24) is 0 Å². The van der Waals surface area contributed by atoms with Crippen LogP contribution in [0.2, 0.25) is 0 Å². The highest BCUT2D eigenvalue weighted by Crippen LogP contribution is 2.31. The summed E-state index contributed by atoms with van der Waals surface area (Å²) >= 11 is 0. The maximum atomic E-state index is 7.64. The van der Waals surface area contributed by atoms with Gasteiger partial charge in [0.1, 0.15) is 42.3 Å². The Hall–Kier alpha value is -9.78. The zero-order valence-electron chi connectivity index (χ0n) is 70.5. The Morgan fingerprint density at radius 2 is 0.480 bits per heavy atom. The van der Waals surface area contributed by atoms with Crippen LogP contribution in [-0.4, -0.2) is 0 Å². The fraction of sp³-hybridized carbons (Fsp3) is 0.312. The van der Waals surface area contributed by atoms with Crippen molar-refractivity contribution in [1.29, 1.82) is 0 Å². The van der Waals surface area contributed by atoms with Crippen molar-refractivity contribution in [3.8, 4) is 67.5 Å². The average Bonchev–Trinajstić information content (AvgIpc) is 0.801. The molecule has 0 spiro atoms. The van der Waals surface area contributed by atoms with E-state index in [0.717, 1.165) is 22.5 Å². The molecule has 102 heavy (non-hydrogen) atoms. The van der Waals surface area contributed by atoms with E-state index in [9.17, 15) is 0 Å². The van der Waals surface area contributed by atoms with E-state index in [1.165, 1.54) is 174 Å². The summed E-state index contributed by atoms with van der Waals surface area (Å²) in [5.74, 6) is 0. The molecule has 0 aliphatic carbocycles. The molecule has 0 atom stereocenters. The molecule has 0 bridgehead atoms. The molecular weight excluding hydrogens is 1240 g/mol. The number of nitrogens with zero attached hydrogens (tertiary/aromatic N) is 6. The van der Waals surface area contributed by atoms with Crippen LogP contribution in [0.4, 0.5) is 0 Å². The van der Waals surface area contributed by atoms with Crippen LogP contribution in [-0.2, 0) is 42.3 Å². The molecular formula is C96H120N6+6. The summed E-state index contributed by atoms with van der Waals surface area (Å²) in [6.07, 6.45) is 0. The highest BCUT2D eigenvalue weighted by molar-refractivity contribution is 5.70. The topological polar surface area (TPSA) is 23.3 Å². The third kappa shape index (κ3) is 18.7. The molecule has 6 heteroatoms. The maximum absolute atomic E-state index is 7.64. The smallest absolute Gasteiger partial charge is 0.199 e. The fourth-order valence-corrected chi connectivity index (χ4v) is 13.8. The first-order valence-electron chi connectivity index (χ1n) is 37.5. The van der Waals surface area contributed by atoms with Gasteiger partial charge in [-0.1, -0.05) is 96.1 Å². The van der Waals surface area contributed by atoms with Crippen molar-refractivity contribution in [3.05, 3.63) is 316 Å². The third-order valence-corrected chi connectivity index (χ3v) is 20.9. The molecule has 6 nitrogen and oxygen atoms in total. The minimum absolute atomic E-state index is 0.425. The van der Waals surface area contributed by atoms with Gasteiger partial charge in [0.05, 0.1) is 11.1 Å². The average molecular weight is 1360 g/mol. The van der Waals surface area contributed by atoms with Gasteiger partial charge in [0, 0.05) is 139 Å². The van der Waals surface area contributed by atoms with Crippen molar-refractivity contribution in [2.75, 3.05) is 0 Å². The molecule has 0 unspecified atom stereocenters. The molecule has 6 aromatic heterocycles. The van der Waals surface area contributed by atoms with Crippen molar-refractivity contribution < 1.29 is 31.5 Å². The number of aryl methyl sites for hydroxylation is 22. The summed E-state index contributed by atoms with van der Waals surface area (Å²) in [4.78, 5) is 0. The van der Waals surface area contributed by atoms with Gasteiger partial charge < -0.3 is 0 Å². The molecule has 0 N–H and O–H groups in total. The van der Waals surface area contributed by atoms with Gasteiger partial charge in [0.25, 0.3) is 0 Å². The minimum atomic E-state index is -2.07. The summed E-state index contributed by atoms with van der Waals surface area (Å²) in [5, 5.41) is 0. The van der Waals surface area contributed by atoms with Crippen LogP contribution < -0.4 is 27.4 Å². The molecule has 6 heterocycles.